The SMILES string of the molecule is O=C(CNc1nc2ccccc2s1)c1ccc(SC(F)F)cc1.[Br-]. The van der Waals surface area contributed by atoms with Crippen molar-refractivity contribution < 1.29 is 30.6 Å². The highest BCUT2D eigenvalue weighted by atomic mass is 79.9. The fourth-order valence-corrected chi connectivity index (χ4v) is 3.39. The molecule has 1 aromatic heterocycles. The summed E-state index contributed by atoms with van der Waals surface area (Å²) in [5, 5.41) is 3.70. The van der Waals surface area contributed by atoms with Crippen LogP contribution in [-0.2, 0) is 0 Å². The highest BCUT2D eigenvalue weighted by Crippen LogP contribution is 2.26. The van der Waals surface area contributed by atoms with Crippen LogP contribution in [-0.4, -0.2) is 23.1 Å². The zero-order chi connectivity index (χ0) is 16.2. The molecular weight excluding hydrogens is 418 g/mol. The number of thiazole rings is 1. The number of nitrogens with one attached hydrogen (secondary N) is 1. The first-order valence-electron chi connectivity index (χ1n) is 6.79. The van der Waals surface area contributed by atoms with Crippen LogP contribution >= 0.6 is 23.1 Å². The molecule has 3 rings (SSSR count). The van der Waals surface area contributed by atoms with E-state index in [0.717, 1.165) is 10.2 Å². The number of halogens is 3. The van der Waals surface area contributed by atoms with E-state index in [1.54, 1.807) is 12.1 Å². The summed E-state index contributed by atoms with van der Waals surface area (Å²) in [6, 6.07) is 13.9. The van der Waals surface area contributed by atoms with Gasteiger partial charge in [0.1, 0.15) is 0 Å². The van der Waals surface area contributed by atoms with Crippen LogP contribution in [0.25, 0.3) is 10.2 Å². The third kappa shape index (κ3) is 4.75. The van der Waals surface area contributed by atoms with Crippen LogP contribution in [0.15, 0.2) is 53.4 Å². The van der Waals surface area contributed by atoms with Crippen molar-refractivity contribution in [2.24, 2.45) is 0 Å². The molecule has 2 aromatic carbocycles. The van der Waals surface area contributed by atoms with E-state index in [1.807, 2.05) is 24.3 Å². The number of aromatic nitrogens is 1. The number of para-hydroxylation sites is 1. The van der Waals surface area contributed by atoms with Crippen LogP contribution in [0.1, 0.15) is 10.4 Å². The smallest absolute Gasteiger partial charge is 0.288 e. The van der Waals surface area contributed by atoms with Gasteiger partial charge in [0, 0.05) is 10.5 Å². The van der Waals surface area contributed by atoms with Gasteiger partial charge >= 0.3 is 0 Å². The maximum Gasteiger partial charge on any atom is 0.288 e. The molecule has 126 valence electrons. The van der Waals surface area contributed by atoms with Gasteiger partial charge in [0.25, 0.3) is 5.76 Å². The van der Waals surface area contributed by atoms with E-state index in [2.05, 4.69) is 10.3 Å². The fraction of sp³-hybridized carbons (Fsp3) is 0.125. The second kappa shape index (κ2) is 8.55. The Morgan fingerprint density at radius 1 is 1.17 bits per heavy atom. The molecule has 0 atom stereocenters. The number of nitrogens with zero attached hydrogens (tertiary/aromatic N) is 1. The fourth-order valence-electron chi connectivity index (χ4n) is 2.03. The molecule has 0 fully saturated rings. The van der Waals surface area contributed by atoms with Gasteiger partial charge in [-0.2, -0.15) is 8.78 Å². The normalized spacial score (nSPS) is 10.6. The number of hydrogen-bond donors (Lipinski definition) is 1. The van der Waals surface area contributed by atoms with Gasteiger partial charge in [-0.25, -0.2) is 4.98 Å². The summed E-state index contributed by atoms with van der Waals surface area (Å²) in [5.41, 5.74) is 1.37. The number of Topliss-reactive ketones (excluding diaryl/α,β-unsaturated/α-hetero) is 1. The Kier molecular flexibility index (Phi) is 6.70. The van der Waals surface area contributed by atoms with Crippen molar-refractivity contribution in [3.63, 3.8) is 0 Å². The highest BCUT2D eigenvalue weighted by Gasteiger charge is 2.10. The third-order valence-electron chi connectivity index (χ3n) is 3.10. The van der Waals surface area contributed by atoms with Gasteiger partial charge in [-0.3, -0.25) is 4.79 Å². The molecule has 1 N–H and O–H groups in total. The standard InChI is InChI=1S/C16H12F2N2OS2.BrH/c17-15(18)22-11-7-5-10(6-8-11)13(21)9-19-16-20-12-3-1-2-4-14(12)23-16;/h1-8,15H,9H2,(H,19,20);1H/p-1. The molecule has 0 aliphatic rings. The highest BCUT2D eigenvalue weighted by molar-refractivity contribution is 7.99. The molecule has 8 heteroatoms. The maximum atomic E-state index is 12.3. The first kappa shape index (κ1) is 18.8. The lowest BCUT2D eigenvalue weighted by Gasteiger charge is -2.04. The first-order chi connectivity index (χ1) is 11.1. The summed E-state index contributed by atoms with van der Waals surface area (Å²) >= 11 is 1.95. The van der Waals surface area contributed by atoms with Crippen molar-refractivity contribution in [3.8, 4) is 0 Å². The van der Waals surface area contributed by atoms with Gasteiger partial charge in [0.05, 0.1) is 16.8 Å². The summed E-state index contributed by atoms with van der Waals surface area (Å²) in [4.78, 5) is 17.0. The first-order valence-corrected chi connectivity index (χ1v) is 8.49. The molecule has 0 radical (unpaired) electrons. The molecule has 0 bridgehead atoms. The van der Waals surface area contributed by atoms with Gasteiger partial charge in [0.15, 0.2) is 10.9 Å². The van der Waals surface area contributed by atoms with Crippen LogP contribution in [0.3, 0.4) is 0 Å². The van der Waals surface area contributed by atoms with E-state index in [0.29, 0.717) is 27.4 Å². The quantitative estimate of drug-likeness (QED) is 0.480. The van der Waals surface area contributed by atoms with Crippen LogP contribution in [0.4, 0.5) is 13.9 Å². The minimum atomic E-state index is -2.46. The summed E-state index contributed by atoms with van der Waals surface area (Å²) in [5.74, 6) is -2.57. The van der Waals surface area contributed by atoms with Gasteiger partial charge in [0.2, 0.25) is 0 Å². The number of alkyl halides is 2. The maximum absolute atomic E-state index is 12.3. The Bertz CT molecular complexity index is 791. The Balaban J connectivity index is 0.00000208. The molecule has 0 amide bonds. The zero-order valence-electron chi connectivity index (χ0n) is 12.2. The van der Waals surface area contributed by atoms with E-state index < -0.39 is 5.76 Å². The van der Waals surface area contributed by atoms with Crippen molar-refractivity contribution in [1.29, 1.82) is 0 Å². The summed E-state index contributed by atoms with van der Waals surface area (Å²) in [6.07, 6.45) is 0. The minimum absolute atomic E-state index is 0. The largest absolute Gasteiger partial charge is 1.00 e. The van der Waals surface area contributed by atoms with Gasteiger partial charge in [-0.1, -0.05) is 47.4 Å². The summed E-state index contributed by atoms with van der Waals surface area (Å²) < 4.78 is 25.6. The Hall–Kier alpha value is -1.51. The van der Waals surface area contributed by atoms with E-state index >= 15 is 0 Å². The van der Waals surface area contributed by atoms with Gasteiger partial charge < -0.3 is 22.3 Å². The van der Waals surface area contributed by atoms with Crippen molar-refractivity contribution in [1.82, 2.24) is 4.98 Å². The Morgan fingerprint density at radius 3 is 2.54 bits per heavy atom. The minimum Gasteiger partial charge on any atom is -1.00 e. The predicted octanol–water partition coefficient (Wildman–Crippen LogP) is 1.91. The van der Waals surface area contributed by atoms with E-state index in [1.165, 1.54) is 23.5 Å². The van der Waals surface area contributed by atoms with Crippen molar-refractivity contribution >= 4 is 44.2 Å². The van der Waals surface area contributed by atoms with Crippen LogP contribution in [0.2, 0.25) is 0 Å². The molecule has 3 aromatic rings. The molecule has 1 heterocycles. The van der Waals surface area contributed by atoms with Crippen LogP contribution in [0, 0.1) is 0 Å². The lowest BCUT2D eigenvalue weighted by atomic mass is 10.1. The lowest BCUT2D eigenvalue weighted by Crippen LogP contribution is -3.00. The number of ketones is 1. The Morgan fingerprint density at radius 2 is 1.88 bits per heavy atom. The van der Waals surface area contributed by atoms with Gasteiger partial charge in [-0.05, 0) is 24.3 Å². The number of thioether (sulfide) groups is 1. The number of rotatable bonds is 6. The van der Waals surface area contributed by atoms with E-state index in [9.17, 15) is 13.6 Å². The molecule has 0 saturated carbocycles. The topological polar surface area (TPSA) is 42.0 Å². The molecule has 0 unspecified atom stereocenters. The second-order valence-electron chi connectivity index (χ2n) is 4.67. The molecule has 0 aliphatic carbocycles. The average Bonchev–Trinajstić information content (AvgIpc) is 2.95. The number of anilines is 1. The van der Waals surface area contributed by atoms with Crippen molar-refractivity contribution in [3.05, 3.63) is 54.1 Å². The van der Waals surface area contributed by atoms with Crippen molar-refractivity contribution in [2.75, 3.05) is 11.9 Å². The summed E-state index contributed by atoms with van der Waals surface area (Å²) in [7, 11) is 0. The molecular formula is C16H12BrF2N2OS2-. The number of hydrogen-bond acceptors (Lipinski definition) is 5. The Labute approximate surface area is 156 Å². The molecule has 0 aliphatic heterocycles. The number of carbonyl (C=O) groups is 1. The van der Waals surface area contributed by atoms with Crippen molar-refractivity contribution in [2.45, 2.75) is 10.7 Å². The number of fused-ring (bicyclic) bond motifs is 1. The number of benzene rings is 2. The summed E-state index contributed by atoms with van der Waals surface area (Å²) in [6.45, 7) is 0.112. The van der Waals surface area contributed by atoms with E-state index in [-0.39, 0.29) is 29.3 Å². The molecule has 3 nitrogen and oxygen atoms in total. The number of carbonyl (C=O) groups excluding carboxylic acids is 1. The zero-order valence-corrected chi connectivity index (χ0v) is 15.4. The molecule has 0 spiro atoms. The average molecular weight is 430 g/mol. The monoisotopic (exact) mass is 429 g/mol. The van der Waals surface area contributed by atoms with Gasteiger partial charge in [-0.15, -0.1) is 0 Å². The predicted molar refractivity (Wildman–Crippen MR) is 90.7 cm³/mol. The molecule has 24 heavy (non-hydrogen) atoms. The van der Waals surface area contributed by atoms with Crippen LogP contribution < -0.4 is 22.3 Å². The second-order valence-corrected chi connectivity index (χ2v) is 6.76. The van der Waals surface area contributed by atoms with Crippen LogP contribution in [0.5, 0.6) is 0 Å². The van der Waals surface area contributed by atoms with E-state index in [4.69, 9.17) is 0 Å². The lowest BCUT2D eigenvalue weighted by molar-refractivity contribution is -0.0000143. The third-order valence-corrected chi connectivity index (χ3v) is 4.81. The molecule has 0 saturated heterocycles.